The van der Waals surface area contributed by atoms with E-state index in [-0.39, 0.29) is 0 Å². The Balaban J connectivity index is 1.83. The van der Waals surface area contributed by atoms with Crippen LogP contribution in [0, 0.1) is 0 Å². The molecule has 6 heteroatoms. The summed E-state index contributed by atoms with van der Waals surface area (Å²) in [5.74, 6) is 1.04. The molecular formula is C17H19NO4S. The Morgan fingerprint density at radius 2 is 1.65 bits per heavy atom. The number of anilines is 1. The number of nitrogens with one attached hydrogen (secondary N) is 1. The van der Waals surface area contributed by atoms with E-state index >= 15 is 0 Å². The summed E-state index contributed by atoms with van der Waals surface area (Å²) in [5, 5.41) is -0.466. The molecule has 0 spiro atoms. The lowest BCUT2D eigenvalue weighted by atomic mass is 10.1. The van der Waals surface area contributed by atoms with E-state index in [0.29, 0.717) is 30.0 Å². The molecule has 0 saturated carbocycles. The predicted molar refractivity (Wildman–Crippen MR) is 89.7 cm³/mol. The van der Waals surface area contributed by atoms with Crippen LogP contribution in [-0.2, 0) is 22.9 Å². The van der Waals surface area contributed by atoms with E-state index in [2.05, 4.69) is 4.72 Å². The molecule has 0 aliphatic heterocycles. The minimum atomic E-state index is -3.50. The van der Waals surface area contributed by atoms with Gasteiger partial charge in [-0.15, -0.1) is 0 Å². The first-order valence-corrected chi connectivity index (χ1v) is 8.88. The van der Waals surface area contributed by atoms with Gasteiger partial charge in [0.25, 0.3) is 0 Å². The topological polar surface area (TPSA) is 64.6 Å². The van der Waals surface area contributed by atoms with Gasteiger partial charge in [0.2, 0.25) is 10.0 Å². The molecule has 0 heterocycles. The number of hydrogen-bond donors (Lipinski definition) is 1. The Morgan fingerprint density at radius 1 is 1.00 bits per heavy atom. The smallest absolute Gasteiger partial charge is 0.236 e. The van der Waals surface area contributed by atoms with Crippen LogP contribution in [0.4, 0.5) is 5.69 Å². The van der Waals surface area contributed by atoms with E-state index in [1.165, 1.54) is 7.11 Å². The largest absolute Gasteiger partial charge is 0.497 e. The average Bonchev–Trinajstić information content (AvgIpc) is 3.00. The van der Waals surface area contributed by atoms with Crippen molar-refractivity contribution in [2.24, 2.45) is 0 Å². The molecule has 0 aromatic heterocycles. The van der Waals surface area contributed by atoms with Crippen molar-refractivity contribution in [2.45, 2.75) is 18.1 Å². The number of hydrogen-bond acceptors (Lipinski definition) is 4. The molecule has 2 aromatic rings. The van der Waals surface area contributed by atoms with E-state index in [1.807, 2.05) is 24.3 Å². The van der Waals surface area contributed by atoms with Crippen LogP contribution >= 0.6 is 0 Å². The minimum Gasteiger partial charge on any atom is -0.497 e. The lowest BCUT2D eigenvalue weighted by molar-refractivity contribution is 0.395. The van der Waals surface area contributed by atoms with Crippen LogP contribution in [0.15, 0.2) is 42.5 Å². The zero-order valence-corrected chi connectivity index (χ0v) is 13.9. The Kier molecular flexibility index (Phi) is 4.17. The molecule has 0 fully saturated rings. The van der Waals surface area contributed by atoms with E-state index in [9.17, 15) is 8.42 Å². The molecule has 0 atom stereocenters. The average molecular weight is 333 g/mol. The van der Waals surface area contributed by atoms with Crippen molar-refractivity contribution < 1.29 is 17.9 Å². The first-order valence-electron chi connectivity index (χ1n) is 7.34. The third kappa shape index (κ3) is 3.12. The molecule has 5 nitrogen and oxygen atoms in total. The molecule has 0 amide bonds. The molecule has 0 radical (unpaired) electrons. The number of ether oxygens (including phenoxy) is 2. The number of rotatable bonds is 5. The van der Waals surface area contributed by atoms with Crippen LogP contribution < -0.4 is 14.2 Å². The van der Waals surface area contributed by atoms with Gasteiger partial charge in [-0.2, -0.15) is 0 Å². The van der Waals surface area contributed by atoms with E-state index in [1.54, 1.807) is 25.3 Å². The number of fused-ring (bicyclic) bond motifs is 1. The second-order valence-electron chi connectivity index (χ2n) is 5.51. The maximum Gasteiger partial charge on any atom is 0.236 e. The summed E-state index contributed by atoms with van der Waals surface area (Å²) in [6.07, 6.45) is 1.06. The number of sulfonamides is 1. The number of methoxy groups -OCH3 is 2. The van der Waals surface area contributed by atoms with Crippen LogP contribution in [0.3, 0.4) is 0 Å². The van der Waals surface area contributed by atoms with Crippen molar-refractivity contribution in [3.8, 4) is 11.5 Å². The van der Waals surface area contributed by atoms with Crippen molar-refractivity contribution in [2.75, 3.05) is 18.9 Å². The molecule has 1 aliphatic rings. The molecule has 2 aromatic carbocycles. The van der Waals surface area contributed by atoms with E-state index in [0.717, 1.165) is 11.1 Å². The van der Waals surface area contributed by atoms with Gasteiger partial charge in [0.15, 0.2) is 0 Å². The molecule has 0 unspecified atom stereocenters. The Bertz CT molecular complexity index is 792. The van der Waals surface area contributed by atoms with E-state index < -0.39 is 15.3 Å². The maximum absolute atomic E-state index is 12.7. The normalized spacial score (nSPS) is 14.3. The van der Waals surface area contributed by atoms with Crippen LogP contribution in [0.25, 0.3) is 0 Å². The zero-order chi connectivity index (χ0) is 16.4. The summed E-state index contributed by atoms with van der Waals surface area (Å²) in [7, 11) is -0.456. The first kappa shape index (κ1) is 15.7. The molecule has 23 heavy (non-hydrogen) atoms. The highest BCUT2D eigenvalue weighted by Gasteiger charge is 2.32. The highest BCUT2D eigenvalue weighted by atomic mass is 32.2. The van der Waals surface area contributed by atoms with Gasteiger partial charge in [-0.3, -0.25) is 4.72 Å². The van der Waals surface area contributed by atoms with Crippen LogP contribution in [0.1, 0.15) is 11.1 Å². The minimum absolute atomic E-state index is 0.421. The Morgan fingerprint density at radius 3 is 2.22 bits per heavy atom. The summed E-state index contributed by atoms with van der Waals surface area (Å²) in [4.78, 5) is 0. The fraction of sp³-hybridized carbons (Fsp3) is 0.294. The summed E-state index contributed by atoms with van der Waals surface area (Å²) < 4.78 is 38.4. The third-order valence-corrected chi connectivity index (χ3v) is 5.83. The van der Waals surface area contributed by atoms with Gasteiger partial charge in [0.1, 0.15) is 11.5 Å². The second kappa shape index (κ2) is 6.12. The fourth-order valence-electron chi connectivity index (χ4n) is 2.86. The first-order chi connectivity index (χ1) is 11.0. The highest BCUT2D eigenvalue weighted by Crippen LogP contribution is 2.32. The monoisotopic (exact) mass is 333 g/mol. The molecule has 1 aliphatic carbocycles. The maximum atomic E-state index is 12.7. The molecular weight excluding hydrogens is 314 g/mol. The second-order valence-corrected chi connectivity index (χ2v) is 7.47. The molecule has 0 bridgehead atoms. The summed E-state index contributed by atoms with van der Waals surface area (Å²) in [5.41, 5.74) is 2.62. The highest BCUT2D eigenvalue weighted by molar-refractivity contribution is 7.93. The van der Waals surface area contributed by atoms with Crippen LogP contribution in [0.5, 0.6) is 11.5 Å². The molecule has 3 rings (SSSR count). The summed E-state index contributed by atoms with van der Waals surface area (Å²) in [6.45, 7) is 0. The van der Waals surface area contributed by atoms with Crippen molar-refractivity contribution >= 4 is 15.7 Å². The summed E-state index contributed by atoms with van der Waals surface area (Å²) in [6, 6.07) is 12.8. The van der Waals surface area contributed by atoms with Crippen LogP contribution in [-0.4, -0.2) is 27.9 Å². The molecule has 0 saturated heterocycles. The number of benzene rings is 2. The van der Waals surface area contributed by atoms with Gasteiger partial charge in [-0.1, -0.05) is 24.3 Å². The van der Waals surface area contributed by atoms with Gasteiger partial charge in [0.05, 0.1) is 25.2 Å². The lowest BCUT2D eigenvalue weighted by Gasteiger charge is -2.16. The van der Waals surface area contributed by atoms with Gasteiger partial charge in [-0.25, -0.2) is 8.42 Å². The molecule has 122 valence electrons. The Hall–Kier alpha value is -2.21. The van der Waals surface area contributed by atoms with E-state index in [4.69, 9.17) is 9.47 Å². The fourth-order valence-corrected chi connectivity index (χ4v) is 4.30. The van der Waals surface area contributed by atoms with Gasteiger partial charge in [-0.05, 0) is 36.1 Å². The van der Waals surface area contributed by atoms with Gasteiger partial charge < -0.3 is 9.47 Å². The van der Waals surface area contributed by atoms with Crippen molar-refractivity contribution in [3.63, 3.8) is 0 Å². The zero-order valence-electron chi connectivity index (χ0n) is 13.1. The van der Waals surface area contributed by atoms with Crippen molar-refractivity contribution in [1.29, 1.82) is 0 Å². The third-order valence-electron chi connectivity index (χ3n) is 4.11. The molecule has 1 N–H and O–H groups in total. The lowest BCUT2D eigenvalue weighted by Crippen LogP contribution is -2.28. The SMILES string of the molecule is COc1ccc(NS(=O)(=O)C2Cc3ccccc3C2)c(OC)c1. The standard InChI is InChI=1S/C17H19NO4S/c1-21-14-7-8-16(17(11-14)22-2)18-23(19,20)15-9-12-5-3-4-6-13(12)10-15/h3-8,11,15,18H,9-10H2,1-2H3. The van der Waals surface area contributed by atoms with Crippen molar-refractivity contribution in [3.05, 3.63) is 53.6 Å². The van der Waals surface area contributed by atoms with Crippen LogP contribution in [0.2, 0.25) is 0 Å². The quantitative estimate of drug-likeness (QED) is 0.913. The predicted octanol–water partition coefficient (Wildman–Crippen LogP) is 2.61. The van der Waals surface area contributed by atoms with Crippen molar-refractivity contribution in [1.82, 2.24) is 0 Å². The van der Waals surface area contributed by atoms with Gasteiger partial charge >= 0.3 is 0 Å². The van der Waals surface area contributed by atoms with Gasteiger partial charge in [0, 0.05) is 6.07 Å². The summed E-state index contributed by atoms with van der Waals surface area (Å²) >= 11 is 0. The Labute approximate surface area is 136 Å².